The molecule has 3 N–H and O–H groups in total. The van der Waals surface area contributed by atoms with Gasteiger partial charge in [0.15, 0.2) is 6.10 Å². The number of benzene rings is 3. The number of anilines is 3. The third kappa shape index (κ3) is 4.51. The van der Waals surface area contributed by atoms with Crippen LogP contribution in [0.15, 0.2) is 66.7 Å². The van der Waals surface area contributed by atoms with Crippen molar-refractivity contribution >= 4 is 28.9 Å². The molecule has 0 bridgehead atoms. The minimum atomic E-state index is -0.682. The van der Waals surface area contributed by atoms with E-state index in [1.54, 1.807) is 26.2 Å². The summed E-state index contributed by atoms with van der Waals surface area (Å²) in [5.41, 5.74) is 3.63. The number of carbonyl (C=O) groups excluding carboxylic acids is 2. The molecule has 2 unspecified atom stereocenters. The summed E-state index contributed by atoms with van der Waals surface area (Å²) in [6, 6.07) is 19.7. The molecule has 0 aromatic heterocycles. The molecule has 1 aliphatic rings. The number of ether oxygens (including phenoxy) is 2. The Bertz CT molecular complexity index is 1150. The zero-order valence-corrected chi connectivity index (χ0v) is 18.1. The van der Waals surface area contributed by atoms with Crippen molar-refractivity contribution in [1.82, 2.24) is 0 Å². The fraction of sp³-hybridized carbons (Fsp3) is 0.200. The van der Waals surface area contributed by atoms with Crippen molar-refractivity contribution in [2.45, 2.75) is 26.0 Å². The van der Waals surface area contributed by atoms with Gasteiger partial charge in [0.1, 0.15) is 17.5 Å². The Morgan fingerprint density at radius 2 is 1.88 bits per heavy atom. The lowest BCUT2D eigenvalue weighted by Crippen LogP contribution is -2.34. The monoisotopic (exact) mass is 431 g/mol. The molecule has 0 saturated heterocycles. The van der Waals surface area contributed by atoms with Gasteiger partial charge in [-0.1, -0.05) is 36.4 Å². The van der Waals surface area contributed by atoms with Crippen LogP contribution in [0.1, 0.15) is 24.1 Å². The van der Waals surface area contributed by atoms with Crippen molar-refractivity contribution in [3.63, 3.8) is 0 Å². The van der Waals surface area contributed by atoms with Gasteiger partial charge in [-0.25, -0.2) is 0 Å². The van der Waals surface area contributed by atoms with Gasteiger partial charge in [0.05, 0.1) is 18.5 Å². The average molecular weight is 431 g/mol. The number of aryl methyl sites for hydroxylation is 1. The molecule has 3 aromatic carbocycles. The maximum atomic E-state index is 13.4. The molecule has 32 heavy (non-hydrogen) atoms. The van der Waals surface area contributed by atoms with Crippen LogP contribution < -0.4 is 25.4 Å². The van der Waals surface area contributed by atoms with Crippen LogP contribution in [0.3, 0.4) is 0 Å². The Hall–Kier alpha value is -4.00. The van der Waals surface area contributed by atoms with Gasteiger partial charge in [0, 0.05) is 5.69 Å². The molecule has 0 spiro atoms. The van der Waals surface area contributed by atoms with Gasteiger partial charge in [-0.2, -0.15) is 0 Å². The maximum Gasteiger partial charge on any atom is 0.265 e. The molecule has 1 aliphatic heterocycles. The SMILES string of the molecule is COc1ccc(C)cc1NC(=O)C(Nc1ccc2c(c1)NC(=O)C(C)O2)c1ccccc1. The van der Waals surface area contributed by atoms with Crippen LogP contribution in [0.5, 0.6) is 11.5 Å². The van der Waals surface area contributed by atoms with E-state index in [2.05, 4.69) is 16.0 Å². The van der Waals surface area contributed by atoms with Crippen LogP contribution in [0.4, 0.5) is 17.1 Å². The Morgan fingerprint density at radius 3 is 2.62 bits per heavy atom. The highest BCUT2D eigenvalue weighted by Gasteiger charge is 2.25. The standard InChI is InChI=1S/C25H25N3O4/c1-15-9-11-21(31-3)19(13-15)28-25(30)23(17-7-5-4-6-8-17)26-18-10-12-22-20(14-18)27-24(29)16(2)32-22/h4-14,16,23,26H,1-3H3,(H,27,29)(H,28,30). The minimum absolute atomic E-state index is 0.210. The fourth-order valence-corrected chi connectivity index (χ4v) is 3.54. The average Bonchev–Trinajstić information content (AvgIpc) is 2.79. The largest absolute Gasteiger partial charge is 0.495 e. The number of amides is 2. The number of rotatable bonds is 6. The molecule has 164 valence electrons. The molecule has 2 amide bonds. The van der Waals surface area contributed by atoms with E-state index in [0.717, 1.165) is 11.1 Å². The van der Waals surface area contributed by atoms with Crippen molar-refractivity contribution in [1.29, 1.82) is 0 Å². The number of methoxy groups -OCH3 is 1. The van der Waals surface area contributed by atoms with Gasteiger partial charge in [0.25, 0.3) is 11.8 Å². The van der Waals surface area contributed by atoms with Crippen LogP contribution in [-0.2, 0) is 9.59 Å². The molecule has 0 fully saturated rings. The van der Waals surface area contributed by atoms with Gasteiger partial charge in [-0.3, -0.25) is 9.59 Å². The van der Waals surface area contributed by atoms with Crippen molar-refractivity contribution < 1.29 is 19.1 Å². The van der Waals surface area contributed by atoms with Gasteiger partial charge in [-0.15, -0.1) is 0 Å². The van der Waals surface area contributed by atoms with Crippen LogP contribution in [0, 0.1) is 6.92 Å². The van der Waals surface area contributed by atoms with Crippen LogP contribution in [0.25, 0.3) is 0 Å². The number of hydrogen-bond acceptors (Lipinski definition) is 5. The quantitative estimate of drug-likeness (QED) is 0.534. The van der Waals surface area contributed by atoms with E-state index >= 15 is 0 Å². The topological polar surface area (TPSA) is 88.7 Å². The van der Waals surface area contributed by atoms with Crippen molar-refractivity contribution in [3.8, 4) is 11.5 Å². The predicted molar refractivity (Wildman–Crippen MR) is 124 cm³/mol. The molecule has 4 rings (SSSR count). The normalized spacial score (nSPS) is 15.6. The first-order valence-electron chi connectivity index (χ1n) is 10.3. The zero-order valence-electron chi connectivity index (χ0n) is 18.1. The first-order chi connectivity index (χ1) is 15.4. The third-order valence-corrected chi connectivity index (χ3v) is 5.23. The van der Waals surface area contributed by atoms with E-state index in [0.29, 0.717) is 28.6 Å². The van der Waals surface area contributed by atoms with Gasteiger partial charge < -0.3 is 25.4 Å². The van der Waals surface area contributed by atoms with E-state index in [9.17, 15) is 9.59 Å². The van der Waals surface area contributed by atoms with Crippen LogP contribution in [-0.4, -0.2) is 25.0 Å². The Labute approximate surface area is 186 Å². The van der Waals surface area contributed by atoms with E-state index in [1.807, 2.05) is 61.5 Å². The number of carbonyl (C=O) groups is 2. The summed E-state index contributed by atoms with van der Waals surface area (Å²) in [4.78, 5) is 25.3. The molecule has 7 nitrogen and oxygen atoms in total. The van der Waals surface area contributed by atoms with Gasteiger partial charge >= 0.3 is 0 Å². The molecular weight excluding hydrogens is 406 g/mol. The van der Waals surface area contributed by atoms with Crippen LogP contribution in [0.2, 0.25) is 0 Å². The summed E-state index contributed by atoms with van der Waals surface area (Å²) in [5, 5.41) is 9.09. The van der Waals surface area contributed by atoms with E-state index < -0.39 is 12.1 Å². The number of nitrogens with one attached hydrogen (secondary N) is 3. The second kappa shape index (κ2) is 9.01. The van der Waals surface area contributed by atoms with E-state index in [4.69, 9.17) is 9.47 Å². The van der Waals surface area contributed by atoms with Gasteiger partial charge in [-0.05, 0) is 55.3 Å². The Morgan fingerprint density at radius 1 is 1.09 bits per heavy atom. The molecule has 7 heteroatoms. The number of fused-ring (bicyclic) bond motifs is 1. The zero-order chi connectivity index (χ0) is 22.7. The number of hydrogen-bond donors (Lipinski definition) is 3. The molecule has 0 aliphatic carbocycles. The fourth-order valence-electron chi connectivity index (χ4n) is 3.54. The second-order valence-corrected chi connectivity index (χ2v) is 7.64. The molecule has 0 saturated carbocycles. The van der Waals surface area contributed by atoms with Crippen LogP contribution >= 0.6 is 0 Å². The highest BCUT2D eigenvalue weighted by atomic mass is 16.5. The summed E-state index contributed by atoms with van der Waals surface area (Å²) in [6.07, 6.45) is -0.548. The third-order valence-electron chi connectivity index (χ3n) is 5.23. The lowest BCUT2D eigenvalue weighted by Gasteiger charge is -2.25. The first-order valence-corrected chi connectivity index (χ1v) is 10.3. The predicted octanol–water partition coefficient (Wildman–Crippen LogP) is 4.51. The lowest BCUT2D eigenvalue weighted by atomic mass is 10.0. The highest BCUT2D eigenvalue weighted by Crippen LogP contribution is 2.34. The first kappa shape index (κ1) is 21.2. The summed E-state index contributed by atoms with van der Waals surface area (Å²) in [6.45, 7) is 3.64. The lowest BCUT2D eigenvalue weighted by molar-refractivity contribution is -0.122. The minimum Gasteiger partial charge on any atom is -0.495 e. The Balaban J connectivity index is 1.63. The summed E-state index contributed by atoms with van der Waals surface area (Å²) in [5.74, 6) is 0.719. The highest BCUT2D eigenvalue weighted by molar-refractivity contribution is 6.00. The molecular formula is C25H25N3O4. The second-order valence-electron chi connectivity index (χ2n) is 7.64. The summed E-state index contributed by atoms with van der Waals surface area (Å²) < 4.78 is 11.0. The van der Waals surface area contributed by atoms with Crippen molar-refractivity contribution in [2.24, 2.45) is 0 Å². The molecule has 1 heterocycles. The van der Waals surface area contributed by atoms with Crippen molar-refractivity contribution in [3.05, 3.63) is 77.9 Å². The summed E-state index contributed by atoms with van der Waals surface area (Å²) >= 11 is 0. The molecule has 3 aromatic rings. The molecule has 2 atom stereocenters. The van der Waals surface area contributed by atoms with Crippen molar-refractivity contribution in [2.75, 3.05) is 23.1 Å². The molecule has 0 radical (unpaired) electrons. The van der Waals surface area contributed by atoms with E-state index in [1.165, 1.54) is 0 Å². The Kier molecular flexibility index (Phi) is 5.98. The van der Waals surface area contributed by atoms with Gasteiger partial charge in [0.2, 0.25) is 0 Å². The smallest absolute Gasteiger partial charge is 0.265 e. The maximum absolute atomic E-state index is 13.4. The van der Waals surface area contributed by atoms with E-state index in [-0.39, 0.29) is 11.8 Å². The summed E-state index contributed by atoms with van der Waals surface area (Å²) in [7, 11) is 1.57.